The standard InChI is InChI=1S/C16H21FN4OS/c1-4-21(5-2)15(22)11-20(3)16-18-14(19-23-16)10-12-6-8-13(17)9-7-12/h6-9H,4-5,10-11H2,1-3H3. The van der Waals surface area contributed by atoms with E-state index in [0.29, 0.717) is 30.5 Å². The van der Waals surface area contributed by atoms with E-state index in [9.17, 15) is 9.18 Å². The number of nitrogens with zero attached hydrogens (tertiary/aromatic N) is 4. The molecule has 0 N–H and O–H groups in total. The minimum Gasteiger partial charge on any atom is -0.342 e. The third-order valence-electron chi connectivity index (χ3n) is 3.55. The van der Waals surface area contributed by atoms with Gasteiger partial charge in [0.1, 0.15) is 11.6 Å². The van der Waals surface area contributed by atoms with Crippen LogP contribution < -0.4 is 4.90 Å². The fourth-order valence-electron chi connectivity index (χ4n) is 2.20. The van der Waals surface area contributed by atoms with Crippen LogP contribution in [-0.4, -0.2) is 46.8 Å². The van der Waals surface area contributed by atoms with Gasteiger partial charge in [0.25, 0.3) is 0 Å². The lowest BCUT2D eigenvalue weighted by Crippen LogP contribution is -2.38. The normalized spacial score (nSPS) is 10.6. The van der Waals surface area contributed by atoms with Crippen molar-refractivity contribution >= 4 is 22.6 Å². The highest BCUT2D eigenvalue weighted by atomic mass is 32.1. The fourth-order valence-corrected chi connectivity index (χ4v) is 2.85. The van der Waals surface area contributed by atoms with Crippen LogP contribution >= 0.6 is 11.5 Å². The molecule has 0 bridgehead atoms. The van der Waals surface area contributed by atoms with E-state index in [0.717, 1.165) is 5.56 Å². The van der Waals surface area contributed by atoms with Crippen LogP contribution in [0, 0.1) is 5.82 Å². The highest BCUT2D eigenvalue weighted by molar-refractivity contribution is 7.09. The monoisotopic (exact) mass is 336 g/mol. The lowest BCUT2D eigenvalue weighted by molar-refractivity contribution is -0.129. The van der Waals surface area contributed by atoms with Gasteiger partial charge in [-0.3, -0.25) is 4.79 Å². The van der Waals surface area contributed by atoms with E-state index in [2.05, 4.69) is 9.36 Å². The molecule has 1 heterocycles. The topological polar surface area (TPSA) is 49.3 Å². The van der Waals surface area contributed by atoms with Crippen molar-refractivity contribution in [2.75, 3.05) is 31.6 Å². The van der Waals surface area contributed by atoms with Crippen LogP contribution in [-0.2, 0) is 11.2 Å². The minimum atomic E-state index is -0.254. The van der Waals surface area contributed by atoms with E-state index < -0.39 is 0 Å². The largest absolute Gasteiger partial charge is 0.342 e. The molecule has 23 heavy (non-hydrogen) atoms. The summed E-state index contributed by atoms with van der Waals surface area (Å²) < 4.78 is 17.2. The molecule has 0 fully saturated rings. The van der Waals surface area contributed by atoms with E-state index in [4.69, 9.17) is 0 Å². The summed E-state index contributed by atoms with van der Waals surface area (Å²) in [4.78, 5) is 20.2. The van der Waals surface area contributed by atoms with Crippen molar-refractivity contribution in [3.05, 3.63) is 41.5 Å². The van der Waals surface area contributed by atoms with Gasteiger partial charge in [0.05, 0.1) is 6.54 Å². The van der Waals surface area contributed by atoms with Crippen LogP contribution in [0.15, 0.2) is 24.3 Å². The molecule has 5 nitrogen and oxygen atoms in total. The number of hydrogen-bond acceptors (Lipinski definition) is 5. The van der Waals surface area contributed by atoms with Crippen LogP contribution in [0.4, 0.5) is 9.52 Å². The molecule has 0 saturated heterocycles. The molecule has 0 aliphatic carbocycles. The predicted molar refractivity (Wildman–Crippen MR) is 90.3 cm³/mol. The van der Waals surface area contributed by atoms with Gasteiger partial charge < -0.3 is 9.80 Å². The molecule has 1 aromatic carbocycles. The number of carbonyl (C=O) groups excluding carboxylic acids is 1. The van der Waals surface area contributed by atoms with E-state index in [1.54, 1.807) is 17.0 Å². The van der Waals surface area contributed by atoms with Crippen molar-refractivity contribution in [2.45, 2.75) is 20.3 Å². The molecule has 0 aliphatic rings. The zero-order chi connectivity index (χ0) is 16.8. The molecule has 0 atom stereocenters. The van der Waals surface area contributed by atoms with Crippen LogP contribution in [0.2, 0.25) is 0 Å². The second-order valence-corrected chi connectivity index (χ2v) is 5.95. The third-order valence-corrected chi connectivity index (χ3v) is 4.42. The number of anilines is 1. The molecule has 1 amide bonds. The molecular weight excluding hydrogens is 315 g/mol. The summed E-state index contributed by atoms with van der Waals surface area (Å²) in [5.74, 6) is 0.502. The van der Waals surface area contributed by atoms with Crippen molar-refractivity contribution in [3.63, 3.8) is 0 Å². The second-order valence-electron chi connectivity index (χ2n) is 5.22. The Labute approximate surface area is 139 Å². The molecule has 7 heteroatoms. The van der Waals surface area contributed by atoms with Gasteiger partial charge in [-0.25, -0.2) is 9.37 Å². The Kier molecular flexibility index (Phi) is 6.04. The average molecular weight is 336 g/mol. The average Bonchev–Trinajstić information content (AvgIpc) is 2.99. The first kappa shape index (κ1) is 17.3. The zero-order valence-corrected chi connectivity index (χ0v) is 14.4. The molecule has 0 unspecified atom stereocenters. The summed E-state index contributed by atoms with van der Waals surface area (Å²) in [6.07, 6.45) is 0.550. The highest BCUT2D eigenvalue weighted by Gasteiger charge is 2.16. The lowest BCUT2D eigenvalue weighted by Gasteiger charge is -2.22. The maximum Gasteiger partial charge on any atom is 0.242 e. The maximum atomic E-state index is 12.9. The van der Waals surface area contributed by atoms with Crippen LogP contribution in [0.1, 0.15) is 25.2 Å². The number of carbonyl (C=O) groups is 1. The lowest BCUT2D eigenvalue weighted by atomic mass is 10.1. The van der Waals surface area contributed by atoms with Crippen LogP contribution in [0.5, 0.6) is 0 Å². The zero-order valence-electron chi connectivity index (χ0n) is 13.6. The highest BCUT2D eigenvalue weighted by Crippen LogP contribution is 2.18. The van der Waals surface area contributed by atoms with Gasteiger partial charge in [-0.2, -0.15) is 4.37 Å². The van der Waals surface area contributed by atoms with Gasteiger partial charge in [-0.05, 0) is 31.5 Å². The van der Waals surface area contributed by atoms with Crippen LogP contribution in [0.25, 0.3) is 0 Å². The summed E-state index contributed by atoms with van der Waals surface area (Å²) in [6, 6.07) is 6.31. The summed E-state index contributed by atoms with van der Waals surface area (Å²) in [5.41, 5.74) is 0.956. The SMILES string of the molecule is CCN(CC)C(=O)CN(C)c1nc(Cc2ccc(F)cc2)ns1. The number of amides is 1. The van der Waals surface area contributed by atoms with Crippen molar-refractivity contribution in [2.24, 2.45) is 0 Å². The Morgan fingerprint density at radius 1 is 1.22 bits per heavy atom. The summed E-state index contributed by atoms with van der Waals surface area (Å²) in [5, 5.41) is 0.711. The molecule has 0 spiro atoms. The maximum absolute atomic E-state index is 12.9. The van der Waals surface area contributed by atoms with Gasteiger partial charge >= 0.3 is 0 Å². The summed E-state index contributed by atoms with van der Waals surface area (Å²) in [7, 11) is 1.84. The van der Waals surface area contributed by atoms with E-state index in [1.165, 1.54) is 23.7 Å². The number of halogens is 1. The molecule has 124 valence electrons. The molecule has 2 aromatic rings. The smallest absolute Gasteiger partial charge is 0.242 e. The van der Waals surface area contributed by atoms with Crippen molar-refractivity contribution in [3.8, 4) is 0 Å². The fraction of sp³-hybridized carbons (Fsp3) is 0.438. The van der Waals surface area contributed by atoms with E-state index in [-0.39, 0.29) is 18.3 Å². The van der Waals surface area contributed by atoms with Crippen molar-refractivity contribution in [1.82, 2.24) is 14.3 Å². The minimum absolute atomic E-state index is 0.0767. The number of aromatic nitrogens is 2. The van der Waals surface area contributed by atoms with Gasteiger partial charge in [0, 0.05) is 38.1 Å². The molecule has 2 rings (SSSR count). The Bertz CT molecular complexity index is 640. The molecule has 0 aliphatic heterocycles. The number of benzene rings is 1. The molecular formula is C16H21FN4OS. The number of rotatable bonds is 7. The first-order valence-corrected chi connectivity index (χ1v) is 8.36. The quantitative estimate of drug-likeness (QED) is 0.780. The number of hydrogen-bond donors (Lipinski definition) is 0. The van der Waals surface area contributed by atoms with Crippen LogP contribution in [0.3, 0.4) is 0 Å². The second kappa shape index (κ2) is 8.01. The Morgan fingerprint density at radius 2 is 1.87 bits per heavy atom. The van der Waals surface area contributed by atoms with E-state index >= 15 is 0 Å². The van der Waals surface area contributed by atoms with Crippen molar-refractivity contribution in [1.29, 1.82) is 0 Å². The van der Waals surface area contributed by atoms with Gasteiger partial charge in [0.2, 0.25) is 11.0 Å². The molecule has 0 radical (unpaired) electrons. The van der Waals surface area contributed by atoms with Gasteiger partial charge in [-0.15, -0.1) is 0 Å². The third kappa shape index (κ3) is 4.72. The predicted octanol–water partition coefficient (Wildman–Crippen LogP) is 2.57. The molecule has 0 saturated carbocycles. The summed E-state index contributed by atoms with van der Waals surface area (Å²) in [6.45, 7) is 5.62. The van der Waals surface area contributed by atoms with Crippen molar-refractivity contribution < 1.29 is 9.18 Å². The Balaban J connectivity index is 1.98. The Morgan fingerprint density at radius 3 is 2.48 bits per heavy atom. The van der Waals surface area contributed by atoms with Gasteiger partial charge in [-0.1, -0.05) is 12.1 Å². The molecule has 1 aromatic heterocycles. The summed E-state index contributed by atoms with van der Waals surface area (Å²) >= 11 is 1.27. The van der Waals surface area contributed by atoms with Gasteiger partial charge in [0.15, 0.2) is 0 Å². The Hall–Kier alpha value is -2.02. The number of likely N-dealkylation sites (N-methyl/N-ethyl adjacent to an activating group) is 2. The van der Waals surface area contributed by atoms with E-state index in [1.807, 2.05) is 25.8 Å². The first-order chi connectivity index (χ1) is 11.0. The first-order valence-electron chi connectivity index (χ1n) is 7.59.